The van der Waals surface area contributed by atoms with Gasteiger partial charge in [-0.25, -0.2) is 18.7 Å². The number of carbonyl (C=O) groups is 1. The van der Waals surface area contributed by atoms with Crippen molar-refractivity contribution in [1.82, 2.24) is 24.0 Å². The van der Waals surface area contributed by atoms with Crippen molar-refractivity contribution in [3.63, 3.8) is 0 Å². The lowest BCUT2D eigenvalue weighted by Crippen LogP contribution is -2.42. The smallest absolute Gasteiger partial charge is 0.418 e. The molecule has 1 amide bonds. The van der Waals surface area contributed by atoms with Crippen molar-refractivity contribution >= 4 is 23.4 Å². The maximum Gasteiger partial charge on any atom is 0.418 e. The fourth-order valence-corrected chi connectivity index (χ4v) is 4.66. The van der Waals surface area contributed by atoms with Gasteiger partial charge in [0.1, 0.15) is 17.1 Å². The molecule has 0 radical (unpaired) electrons. The zero-order valence-electron chi connectivity index (χ0n) is 25.1. The summed E-state index contributed by atoms with van der Waals surface area (Å²) in [5.74, 6) is -1.98. The number of anilines is 1. The lowest BCUT2D eigenvalue weighted by atomic mass is 10.1. The van der Waals surface area contributed by atoms with Crippen LogP contribution in [0, 0.1) is 11.2 Å². The first-order valence-corrected chi connectivity index (χ1v) is 14.0. The third-order valence-corrected chi connectivity index (χ3v) is 6.96. The van der Waals surface area contributed by atoms with Gasteiger partial charge in [-0.3, -0.25) is 14.2 Å². The number of ether oxygens (including phenoxy) is 1. The molecule has 0 bridgehead atoms. The molecule has 0 saturated carbocycles. The third kappa shape index (κ3) is 6.83. The molecule has 0 spiro atoms. The highest BCUT2D eigenvalue weighted by atomic mass is 19.4. The second-order valence-corrected chi connectivity index (χ2v) is 10.6. The van der Waals surface area contributed by atoms with Crippen LogP contribution in [0.3, 0.4) is 0 Å². The van der Waals surface area contributed by atoms with E-state index in [1.165, 1.54) is 24.3 Å². The molecular formula is C32H27F4N7O4. The number of hydrogen-bond acceptors (Lipinski definition) is 7. The molecule has 0 saturated heterocycles. The van der Waals surface area contributed by atoms with Gasteiger partial charge in [0.05, 0.1) is 34.7 Å². The summed E-state index contributed by atoms with van der Waals surface area (Å²) in [7, 11) is 1.77. The second kappa shape index (κ2) is 12.8. The average molecular weight is 650 g/mol. The second-order valence-electron chi connectivity index (χ2n) is 10.6. The zero-order chi connectivity index (χ0) is 34.0. The molecule has 5 rings (SSSR count). The van der Waals surface area contributed by atoms with E-state index in [4.69, 9.17) is 10.1 Å². The number of halogens is 4. The monoisotopic (exact) mass is 649 g/mol. The number of carbonyl (C=O) groups excluding carboxylic acids is 1. The molecule has 3 N–H and O–H groups in total. The number of benzene rings is 2. The van der Waals surface area contributed by atoms with E-state index in [0.29, 0.717) is 27.6 Å². The Balaban J connectivity index is 1.51. The normalized spacial score (nSPS) is 14.0. The highest BCUT2D eigenvalue weighted by Crippen LogP contribution is 2.38. The molecule has 3 heterocycles. The van der Waals surface area contributed by atoms with Crippen LogP contribution >= 0.6 is 0 Å². The van der Waals surface area contributed by atoms with Crippen LogP contribution in [0.4, 0.5) is 23.2 Å². The van der Waals surface area contributed by atoms with Crippen LogP contribution in [0.25, 0.3) is 11.3 Å². The van der Waals surface area contributed by atoms with Crippen molar-refractivity contribution in [3.8, 4) is 11.4 Å². The van der Waals surface area contributed by atoms with Gasteiger partial charge in [0.25, 0.3) is 11.5 Å². The molecule has 1 aliphatic heterocycles. The molecule has 11 nitrogen and oxygen atoms in total. The van der Waals surface area contributed by atoms with Gasteiger partial charge in [0, 0.05) is 43.5 Å². The summed E-state index contributed by atoms with van der Waals surface area (Å²) in [5, 5.41) is 12.5. The summed E-state index contributed by atoms with van der Waals surface area (Å²) in [6.45, 7) is 3.22. The lowest BCUT2D eigenvalue weighted by Gasteiger charge is -2.20. The van der Waals surface area contributed by atoms with Gasteiger partial charge < -0.3 is 25.3 Å². The van der Waals surface area contributed by atoms with Gasteiger partial charge in [-0.05, 0) is 68.5 Å². The van der Waals surface area contributed by atoms with E-state index in [2.05, 4.69) is 15.6 Å². The molecule has 4 aromatic rings. The quantitative estimate of drug-likeness (QED) is 0.178. The molecule has 0 aliphatic carbocycles. The Bertz CT molecular complexity index is 2090. The van der Waals surface area contributed by atoms with Gasteiger partial charge in [-0.15, -0.1) is 0 Å². The summed E-state index contributed by atoms with van der Waals surface area (Å²) >= 11 is 0. The van der Waals surface area contributed by atoms with Gasteiger partial charge >= 0.3 is 11.9 Å². The molecule has 0 unspecified atom stereocenters. The standard InChI is InChI=1S/C32H27F4N7O4/c1-18(2)42-15-23(30(45)43(31(42)46)21-6-4-20(33)5-7-21)29(44)40-25-9-8-22(13-24(25)32(34,35)36)47-28-12-19(14-38-26(28)10-11-37)27-16-41(3)17-39-27/h4-18,37-38H,1-3H3,(H,40,44)/b26-10-,37-11?. The van der Waals surface area contributed by atoms with Gasteiger partial charge in [0.2, 0.25) is 0 Å². The zero-order valence-corrected chi connectivity index (χ0v) is 25.1. The summed E-state index contributed by atoms with van der Waals surface area (Å²) in [5.41, 5.74) is -3.12. The predicted octanol–water partition coefficient (Wildman–Crippen LogP) is 5.16. The van der Waals surface area contributed by atoms with Gasteiger partial charge in [-0.2, -0.15) is 13.2 Å². The highest BCUT2D eigenvalue weighted by Gasteiger charge is 2.35. The van der Waals surface area contributed by atoms with Crippen LogP contribution in [-0.4, -0.2) is 30.8 Å². The van der Waals surface area contributed by atoms with E-state index in [1.807, 2.05) is 0 Å². The maximum absolute atomic E-state index is 14.3. The number of nitrogens with zero attached hydrogens (tertiary/aromatic N) is 4. The van der Waals surface area contributed by atoms with E-state index in [9.17, 15) is 31.9 Å². The minimum atomic E-state index is -4.97. The van der Waals surface area contributed by atoms with Crippen molar-refractivity contribution < 1.29 is 27.1 Å². The average Bonchev–Trinajstić information content (AvgIpc) is 3.45. The number of imidazole rings is 1. The molecule has 1 aliphatic rings. The first-order valence-electron chi connectivity index (χ1n) is 14.0. The Labute approximate surface area is 264 Å². The molecule has 242 valence electrons. The summed E-state index contributed by atoms with van der Waals surface area (Å²) in [6, 6.07) is 6.67. The number of nitrogens with one attached hydrogen (secondary N) is 3. The highest BCUT2D eigenvalue weighted by molar-refractivity contribution is 6.04. The number of aromatic nitrogens is 4. The lowest BCUT2D eigenvalue weighted by molar-refractivity contribution is -0.137. The van der Waals surface area contributed by atoms with Crippen molar-refractivity contribution in [3.05, 3.63) is 134 Å². The van der Waals surface area contributed by atoms with E-state index in [1.54, 1.807) is 50.3 Å². The molecule has 15 heteroatoms. The van der Waals surface area contributed by atoms with Crippen LogP contribution in [0.1, 0.15) is 41.5 Å². The summed E-state index contributed by atoms with van der Waals surface area (Å²) in [4.78, 5) is 44.1. The maximum atomic E-state index is 14.3. The van der Waals surface area contributed by atoms with Crippen LogP contribution in [0.2, 0.25) is 0 Å². The molecular weight excluding hydrogens is 622 g/mol. The van der Waals surface area contributed by atoms with E-state index in [-0.39, 0.29) is 17.2 Å². The minimum Gasteiger partial charge on any atom is -0.455 e. The number of aryl methyl sites for hydroxylation is 1. The molecule has 47 heavy (non-hydrogen) atoms. The van der Waals surface area contributed by atoms with Crippen molar-refractivity contribution in [2.24, 2.45) is 7.05 Å². The number of allylic oxidation sites excluding steroid dienone is 3. The van der Waals surface area contributed by atoms with Crippen molar-refractivity contribution in [2.45, 2.75) is 26.1 Å². The fourth-order valence-electron chi connectivity index (χ4n) is 4.66. The molecule has 2 aromatic carbocycles. The SMILES string of the molecule is CC(C)n1cc(C(=O)Nc2ccc(OC3=CC(c4cn(C)cn4)=CN/C3=C\C=N)cc2C(F)(F)F)c(=O)n(-c2ccc(F)cc2)c1=O. The summed E-state index contributed by atoms with van der Waals surface area (Å²) < 4.78 is 65.8. The number of alkyl halides is 3. The Morgan fingerprint density at radius 3 is 2.45 bits per heavy atom. The first kappa shape index (κ1) is 32.4. The van der Waals surface area contributed by atoms with Crippen LogP contribution in [0.15, 0.2) is 101 Å². The van der Waals surface area contributed by atoms with E-state index in [0.717, 1.165) is 35.2 Å². The van der Waals surface area contributed by atoms with E-state index < -0.39 is 52.0 Å². The molecule has 0 atom stereocenters. The third-order valence-electron chi connectivity index (χ3n) is 6.96. The molecule has 2 aromatic heterocycles. The van der Waals surface area contributed by atoms with Crippen LogP contribution in [0.5, 0.6) is 5.75 Å². The predicted molar refractivity (Wildman–Crippen MR) is 166 cm³/mol. The van der Waals surface area contributed by atoms with Gasteiger partial charge in [-0.1, -0.05) is 0 Å². The van der Waals surface area contributed by atoms with E-state index >= 15 is 0 Å². The van der Waals surface area contributed by atoms with Crippen molar-refractivity contribution in [2.75, 3.05) is 5.32 Å². The Hall–Kier alpha value is -5.99. The number of dihydropyridines is 1. The number of rotatable bonds is 8. The minimum absolute atomic E-state index is 0.0353. The summed E-state index contributed by atoms with van der Waals surface area (Å²) in [6.07, 6.45) is 4.79. The van der Waals surface area contributed by atoms with Crippen molar-refractivity contribution in [1.29, 1.82) is 5.41 Å². The number of hydrogen-bond donors (Lipinski definition) is 3. The van der Waals surface area contributed by atoms with Crippen LogP contribution < -0.4 is 26.6 Å². The topological polar surface area (TPSA) is 136 Å². The number of amides is 1. The Morgan fingerprint density at radius 1 is 1.11 bits per heavy atom. The molecule has 0 fully saturated rings. The largest absolute Gasteiger partial charge is 0.455 e. The van der Waals surface area contributed by atoms with Gasteiger partial charge in [0.15, 0.2) is 5.76 Å². The van der Waals surface area contributed by atoms with Crippen LogP contribution in [-0.2, 0) is 13.2 Å². The Morgan fingerprint density at radius 2 is 1.83 bits per heavy atom. The Kier molecular flexibility index (Phi) is 8.81. The first-order chi connectivity index (χ1) is 22.3. The fraction of sp³-hybridized carbons (Fsp3) is 0.156.